The Bertz CT molecular complexity index is 617. The Morgan fingerprint density at radius 1 is 1.40 bits per heavy atom. The van der Waals surface area contributed by atoms with Crippen LogP contribution in [0.5, 0.6) is 0 Å². The molecule has 0 saturated carbocycles. The van der Waals surface area contributed by atoms with Crippen LogP contribution in [0.4, 0.5) is 0 Å². The van der Waals surface area contributed by atoms with Crippen molar-refractivity contribution >= 4 is 23.0 Å². The number of aryl methyl sites for hydroxylation is 2. The number of furan rings is 1. The van der Waals surface area contributed by atoms with E-state index in [2.05, 4.69) is 10.5 Å². The summed E-state index contributed by atoms with van der Waals surface area (Å²) in [5.41, 5.74) is 4.58. The number of rotatable bonds is 3. The topological polar surface area (TPSA) is 54.6 Å². The van der Waals surface area contributed by atoms with E-state index < -0.39 is 0 Å². The maximum Gasteiger partial charge on any atom is 0.281 e. The monoisotopic (exact) mass is 288 g/mol. The summed E-state index contributed by atoms with van der Waals surface area (Å²) in [4.78, 5) is 14.2. The molecule has 0 spiro atoms. The third kappa shape index (κ3) is 2.67. The number of nitrogens with one attached hydrogen (secondary N) is 1. The highest BCUT2D eigenvalue weighted by Gasteiger charge is 2.17. The second-order valence-electron chi connectivity index (χ2n) is 4.88. The number of hydrazone groups is 1. The molecule has 104 valence electrons. The molecule has 4 nitrogen and oxygen atoms in total. The maximum absolute atomic E-state index is 12.1. The predicted molar refractivity (Wildman–Crippen MR) is 79.3 cm³/mol. The first-order chi connectivity index (χ1) is 9.74. The molecule has 1 amide bonds. The molecule has 20 heavy (non-hydrogen) atoms. The van der Waals surface area contributed by atoms with Crippen molar-refractivity contribution < 1.29 is 9.21 Å². The van der Waals surface area contributed by atoms with Gasteiger partial charge in [-0.2, -0.15) is 5.10 Å². The lowest BCUT2D eigenvalue weighted by molar-refractivity contribution is 0.0959. The van der Waals surface area contributed by atoms with Crippen LogP contribution in [0.15, 0.2) is 34.0 Å². The van der Waals surface area contributed by atoms with E-state index in [1.165, 1.54) is 23.3 Å². The lowest BCUT2D eigenvalue weighted by atomic mass is 9.99. The molecule has 0 radical (unpaired) electrons. The fourth-order valence-electron chi connectivity index (χ4n) is 2.33. The molecule has 1 N–H and O–H groups in total. The SMILES string of the molecule is CC(=NNC(=O)c1cc2c(s1)CCCC2)c1ccco1. The zero-order chi connectivity index (χ0) is 13.9. The third-order valence-electron chi connectivity index (χ3n) is 3.42. The largest absolute Gasteiger partial charge is 0.463 e. The van der Waals surface area contributed by atoms with Crippen LogP contribution in [0.1, 0.15) is 45.6 Å². The van der Waals surface area contributed by atoms with E-state index in [-0.39, 0.29) is 5.91 Å². The molecular weight excluding hydrogens is 272 g/mol. The van der Waals surface area contributed by atoms with Crippen molar-refractivity contribution in [2.45, 2.75) is 32.6 Å². The molecule has 2 heterocycles. The van der Waals surface area contributed by atoms with Crippen LogP contribution in [-0.4, -0.2) is 11.6 Å². The molecule has 2 aromatic heterocycles. The first-order valence-corrected chi connectivity index (χ1v) is 7.56. The van der Waals surface area contributed by atoms with Gasteiger partial charge in [0.05, 0.1) is 11.1 Å². The second kappa shape index (κ2) is 5.63. The fourth-order valence-corrected chi connectivity index (χ4v) is 3.48. The lowest BCUT2D eigenvalue weighted by Gasteiger charge is -2.08. The zero-order valence-electron chi connectivity index (χ0n) is 11.3. The highest BCUT2D eigenvalue weighted by molar-refractivity contribution is 7.14. The smallest absolute Gasteiger partial charge is 0.281 e. The predicted octanol–water partition coefficient (Wildman–Crippen LogP) is 3.37. The molecular formula is C15H16N2O2S. The van der Waals surface area contributed by atoms with E-state index in [0.29, 0.717) is 11.5 Å². The number of hydrogen-bond donors (Lipinski definition) is 1. The molecule has 3 rings (SSSR count). The van der Waals surface area contributed by atoms with Crippen LogP contribution < -0.4 is 5.43 Å². The van der Waals surface area contributed by atoms with Gasteiger partial charge in [-0.3, -0.25) is 4.79 Å². The first kappa shape index (κ1) is 13.1. The molecule has 1 aliphatic rings. The fraction of sp³-hybridized carbons (Fsp3) is 0.333. The van der Waals surface area contributed by atoms with Gasteiger partial charge in [-0.05, 0) is 56.4 Å². The molecule has 0 atom stereocenters. The van der Waals surface area contributed by atoms with Gasteiger partial charge in [-0.15, -0.1) is 11.3 Å². The van der Waals surface area contributed by atoms with Crippen molar-refractivity contribution in [3.63, 3.8) is 0 Å². The normalized spacial score (nSPS) is 14.9. The standard InChI is InChI=1S/C15H16N2O2S/c1-10(12-6-4-8-19-12)16-17-15(18)14-9-11-5-2-3-7-13(11)20-14/h4,6,8-9H,2-3,5,7H2,1H3,(H,17,18). The van der Waals surface area contributed by atoms with E-state index in [0.717, 1.165) is 17.7 Å². The summed E-state index contributed by atoms with van der Waals surface area (Å²) in [5.74, 6) is 0.520. The summed E-state index contributed by atoms with van der Waals surface area (Å²) in [7, 11) is 0. The summed E-state index contributed by atoms with van der Waals surface area (Å²) >= 11 is 1.59. The van der Waals surface area contributed by atoms with Crippen molar-refractivity contribution in [3.8, 4) is 0 Å². The minimum Gasteiger partial charge on any atom is -0.463 e. The Labute approximate surface area is 121 Å². The maximum atomic E-state index is 12.1. The second-order valence-corrected chi connectivity index (χ2v) is 6.02. The van der Waals surface area contributed by atoms with Crippen molar-refractivity contribution in [1.82, 2.24) is 5.43 Å². The zero-order valence-corrected chi connectivity index (χ0v) is 12.1. The highest BCUT2D eigenvalue weighted by atomic mass is 32.1. The first-order valence-electron chi connectivity index (χ1n) is 6.74. The van der Waals surface area contributed by atoms with E-state index in [1.54, 1.807) is 30.6 Å². The quantitative estimate of drug-likeness (QED) is 0.695. The van der Waals surface area contributed by atoms with E-state index in [4.69, 9.17) is 4.42 Å². The molecule has 5 heteroatoms. The minimum atomic E-state index is -0.143. The van der Waals surface area contributed by atoms with Gasteiger partial charge in [0.15, 0.2) is 0 Å². The Hall–Kier alpha value is -1.88. The molecule has 0 bridgehead atoms. The molecule has 0 unspecified atom stereocenters. The number of thiophene rings is 1. The van der Waals surface area contributed by atoms with Crippen molar-refractivity contribution in [2.75, 3.05) is 0 Å². The minimum absolute atomic E-state index is 0.143. The van der Waals surface area contributed by atoms with Crippen molar-refractivity contribution in [1.29, 1.82) is 0 Å². The van der Waals surface area contributed by atoms with Crippen LogP contribution in [0.2, 0.25) is 0 Å². The van der Waals surface area contributed by atoms with E-state index in [1.807, 2.05) is 12.1 Å². The van der Waals surface area contributed by atoms with Gasteiger partial charge in [0.2, 0.25) is 0 Å². The number of fused-ring (bicyclic) bond motifs is 1. The van der Waals surface area contributed by atoms with Crippen LogP contribution in [0.25, 0.3) is 0 Å². The molecule has 0 aliphatic heterocycles. The van der Waals surface area contributed by atoms with Gasteiger partial charge < -0.3 is 4.42 Å². The molecule has 1 aliphatic carbocycles. The van der Waals surface area contributed by atoms with Crippen LogP contribution >= 0.6 is 11.3 Å². The van der Waals surface area contributed by atoms with Gasteiger partial charge in [-0.25, -0.2) is 5.43 Å². The highest BCUT2D eigenvalue weighted by Crippen LogP contribution is 2.29. The lowest BCUT2D eigenvalue weighted by Crippen LogP contribution is -2.18. The van der Waals surface area contributed by atoms with Gasteiger partial charge >= 0.3 is 0 Å². The van der Waals surface area contributed by atoms with Gasteiger partial charge in [0.25, 0.3) is 5.91 Å². The van der Waals surface area contributed by atoms with Gasteiger partial charge in [-0.1, -0.05) is 0 Å². The number of carbonyl (C=O) groups excluding carboxylic acids is 1. The Kier molecular flexibility index (Phi) is 3.69. The Balaban J connectivity index is 1.70. The summed E-state index contributed by atoms with van der Waals surface area (Å²) in [6, 6.07) is 5.62. The molecule has 0 fully saturated rings. The number of nitrogens with zero attached hydrogens (tertiary/aromatic N) is 1. The third-order valence-corrected chi connectivity index (χ3v) is 4.66. The average molecular weight is 288 g/mol. The molecule has 2 aromatic rings. The van der Waals surface area contributed by atoms with Crippen molar-refractivity contribution in [3.05, 3.63) is 45.5 Å². The Morgan fingerprint density at radius 3 is 3.00 bits per heavy atom. The van der Waals surface area contributed by atoms with Crippen LogP contribution in [-0.2, 0) is 12.8 Å². The molecule has 0 saturated heterocycles. The summed E-state index contributed by atoms with van der Waals surface area (Å²) < 4.78 is 5.22. The average Bonchev–Trinajstić information content (AvgIpc) is 3.12. The molecule has 0 aromatic carbocycles. The summed E-state index contributed by atoms with van der Waals surface area (Å²) in [6.45, 7) is 1.80. The van der Waals surface area contributed by atoms with E-state index in [9.17, 15) is 4.79 Å². The van der Waals surface area contributed by atoms with Gasteiger partial charge in [0, 0.05) is 4.88 Å². The van der Waals surface area contributed by atoms with Crippen LogP contribution in [0, 0.1) is 0 Å². The number of carbonyl (C=O) groups is 1. The number of amides is 1. The summed E-state index contributed by atoms with van der Waals surface area (Å²) in [6.07, 6.45) is 6.23. The van der Waals surface area contributed by atoms with E-state index >= 15 is 0 Å². The van der Waals surface area contributed by atoms with Gasteiger partial charge in [0.1, 0.15) is 11.5 Å². The number of hydrogen-bond acceptors (Lipinski definition) is 4. The van der Waals surface area contributed by atoms with Crippen LogP contribution in [0.3, 0.4) is 0 Å². The summed E-state index contributed by atoms with van der Waals surface area (Å²) in [5, 5.41) is 4.08. The Morgan fingerprint density at radius 2 is 2.25 bits per heavy atom. The van der Waals surface area contributed by atoms with Crippen molar-refractivity contribution in [2.24, 2.45) is 5.10 Å².